The van der Waals surface area contributed by atoms with Crippen LogP contribution in [-0.2, 0) is 0 Å². The van der Waals surface area contributed by atoms with Crippen LogP contribution in [0.3, 0.4) is 0 Å². The SMILES string of the molecule is CCNc1cnc(C(C)C)nc1C(=O)NCCCC(C)C. The zero-order valence-electron chi connectivity index (χ0n) is 13.9. The van der Waals surface area contributed by atoms with Crippen molar-refractivity contribution in [3.63, 3.8) is 0 Å². The topological polar surface area (TPSA) is 66.9 Å². The van der Waals surface area contributed by atoms with Gasteiger partial charge in [-0.05, 0) is 25.7 Å². The summed E-state index contributed by atoms with van der Waals surface area (Å²) in [4.78, 5) is 21.0. The summed E-state index contributed by atoms with van der Waals surface area (Å²) >= 11 is 0. The Kier molecular flexibility index (Phi) is 7.12. The fraction of sp³-hybridized carbons (Fsp3) is 0.688. The second-order valence-electron chi connectivity index (χ2n) is 5.97. The van der Waals surface area contributed by atoms with Crippen molar-refractivity contribution in [2.75, 3.05) is 18.4 Å². The minimum absolute atomic E-state index is 0.126. The molecule has 118 valence electrons. The Balaban J connectivity index is 2.77. The van der Waals surface area contributed by atoms with Crippen molar-refractivity contribution in [3.05, 3.63) is 17.7 Å². The zero-order chi connectivity index (χ0) is 15.8. The first-order valence-electron chi connectivity index (χ1n) is 7.84. The first kappa shape index (κ1) is 17.4. The lowest BCUT2D eigenvalue weighted by molar-refractivity contribution is 0.0948. The molecule has 0 saturated carbocycles. The lowest BCUT2D eigenvalue weighted by atomic mass is 10.1. The van der Waals surface area contributed by atoms with Crippen LogP contribution in [0.25, 0.3) is 0 Å². The Morgan fingerprint density at radius 1 is 1.29 bits per heavy atom. The monoisotopic (exact) mass is 292 g/mol. The van der Waals surface area contributed by atoms with Gasteiger partial charge >= 0.3 is 0 Å². The van der Waals surface area contributed by atoms with Crippen LogP contribution in [0.15, 0.2) is 6.20 Å². The molecule has 2 N–H and O–H groups in total. The molecule has 0 aromatic carbocycles. The molecule has 1 aromatic heterocycles. The summed E-state index contributed by atoms with van der Waals surface area (Å²) < 4.78 is 0. The zero-order valence-corrected chi connectivity index (χ0v) is 13.9. The van der Waals surface area contributed by atoms with E-state index in [2.05, 4.69) is 34.4 Å². The van der Waals surface area contributed by atoms with Gasteiger partial charge in [-0.25, -0.2) is 9.97 Å². The Morgan fingerprint density at radius 3 is 2.57 bits per heavy atom. The highest BCUT2D eigenvalue weighted by Crippen LogP contribution is 2.16. The van der Waals surface area contributed by atoms with Gasteiger partial charge in [0.15, 0.2) is 5.69 Å². The Morgan fingerprint density at radius 2 is 2.00 bits per heavy atom. The molecule has 1 heterocycles. The van der Waals surface area contributed by atoms with Gasteiger partial charge in [0, 0.05) is 19.0 Å². The highest BCUT2D eigenvalue weighted by molar-refractivity contribution is 5.97. The summed E-state index contributed by atoms with van der Waals surface area (Å²) in [6, 6.07) is 0. The van der Waals surface area contributed by atoms with Gasteiger partial charge in [0.2, 0.25) is 0 Å². The van der Waals surface area contributed by atoms with Gasteiger partial charge in [-0.3, -0.25) is 4.79 Å². The number of nitrogens with one attached hydrogen (secondary N) is 2. The standard InChI is InChI=1S/C16H28N4O/c1-6-17-13-10-19-15(12(4)5)20-14(13)16(21)18-9-7-8-11(2)3/h10-12,17H,6-9H2,1-5H3,(H,18,21). The number of rotatable bonds is 8. The van der Waals surface area contributed by atoms with E-state index in [0.717, 1.165) is 19.4 Å². The maximum absolute atomic E-state index is 12.3. The van der Waals surface area contributed by atoms with E-state index in [1.54, 1.807) is 6.20 Å². The van der Waals surface area contributed by atoms with Crippen molar-refractivity contribution in [2.24, 2.45) is 5.92 Å². The van der Waals surface area contributed by atoms with E-state index in [9.17, 15) is 4.79 Å². The first-order valence-corrected chi connectivity index (χ1v) is 7.84. The minimum atomic E-state index is -0.126. The lowest BCUT2D eigenvalue weighted by Crippen LogP contribution is -2.27. The number of carbonyl (C=O) groups is 1. The van der Waals surface area contributed by atoms with Crippen molar-refractivity contribution in [2.45, 2.75) is 53.4 Å². The van der Waals surface area contributed by atoms with Crippen LogP contribution < -0.4 is 10.6 Å². The average molecular weight is 292 g/mol. The quantitative estimate of drug-likeness (QED) is 0.722. The van der Waals surface area contributed by atoms with E-state index in [0.29, 0.717) is 29.7 Å². The number of amides is 1. The highest BCUT2D eigenvalue weighted by atomic mass is 16.1. The molecule has 0 fully saturated rings. The molecular weight excluding hydrogens is 264 g/mol. The van der Waals surface area contributed by atoms with E-state index in [4.69, 9.17) is 0 Å². The van der Waals surface area contributed by atoms with E-state index in [-0.39, 0.29) is 11.8 Å². The van der Waals surface area contributed by atoms with Crippen LogP contribution in [0.5, 0.6) is 0 Å². The molecule has 0 aliphatic carbocycles. The molecule has 1 rings (SSSR count). The lowest BCUT2D eigenvalue weighted by Gasteiger charge is -2.13. The van der Waals surface area contributed by atoms with Gasteiger partial charge in [0.1, 0.15) is 5.82 Å². The molecule has 0 aliphatic heterocycles. The molecule has 0 unspecified atom stereocenters. The summed E-state index contributed by atoms with van der Waals surface area (Å²) in [6.07, 6.45) is 3.80. The van der Waals surface area contributed by atoms with Crippen molar-refractivity contribution in [3.8, 4) is 0 Å². The molecule has 5 nitrogen and oxygen atoms in total. The third kappa shape index (κ3) is 5.69. The van der Waals surface area contributed by atoms with Crippen LogP contribution in [0.1, 0.15) is 69.7 Å². The fourth-order valence-corrected chi connectivity index (χ4v) is 1.96. The maximum atomic E-state index is 12.3. The number of carbonyl (C=O) groups excluding carboxylic acids is 1. The van der Waals surface area contributed by atoms with E-state index in [1.165, 1.54) is 0 Å². The Bertz CT molecular complexity index is 458. The summed E-state index contributed by atoms with van der Waals surface area (Å²) in [5.41, 5.74) is 1.14. The molecule has 1 aromatic rings. The van der Waals surface area contributed by atoms with E-state index in [1.807, 2.05) is 20.8 Å². The van der Waals surface area contributed by atoms with Crippen molar-refractivity contribution >= 4 is 11.6 Å². The molecule has 5 heteroatoms. The van der Waals surface area contributed by atoms with Crippen LogP contribution in [0.4, 0.5) is 5.69 Å². The average Bonchev–Trinajstić information content (AvgIpc) is 2.43. The summed E-state index contributed by atoms with van der Waals surface area (Å²) in [7, 11) is 0. The van der Waals surface area contributed by atoms with Crippen LogP contribution in [-0.4, -0.2) is 29.0 Å². The molecule has 0 bridgehead atoms. The molecule has 0 spiro atoms. The van der Waals surface area contributed by atoms with Crippen molar-refractivity contribution in [1.82, 2.24) is 15.3 Å². The summed E-state index contributed by atoms with van der Waals surface area (Å²) in [5.74, 6) is 1.43. The molecular formula is C16H28N4O. The summed E-state index contributed by atoms with van der Waals surface area (Å²) in [6.45, 7) is 11.8. The van der Waals surface area contributed by atoms with Crippen molar-refractivity contribution < 1.29 is 4.79 Å². The predicted molar refractivity (Wildman–Crippen MR) is 86.7 cm³/mol. The van der Waals surface area contributed by atoms with Gasteiger partial charge in [0.05, 0.1) is 11.9 Å². The van der Waals surface area contributed by atoms with Crippen LogP contribution >= 0.6 is 0 Å². The number of anilines is 1. The second kappa shape index (κ2) is 8.60. The van der Waals surface area contributed by atoms with Gasteiger partial charge < -0.3 is 10.6 Å². The highest BCUT2D eigenvalue weighted by Gasteiger charge is 2.15. The van der Waals surface area contributed by atoms with Gasteiger partial charge in [-0.2, -0.15) is 0 Å². The third-order valence-electron chi connectivity index (χ3n) is 3.15. The Hall–Kier alpha value is -1.65. The molecule has 1 amide bonds. The van der Waals surface area contributed by atoms with Gasteiger partial charge in [-0.1, -0.05) is 27.7 Å². The summed E-state index contributed by atoms with van der Waals surface area (Å²) in [5, 5.41) is 6.10. The molecule has 0 aliphatic rings. The number of nitrogens with zero attached hydrogens (tertiary/aromatic N) is 2. The van der Waals surface area contributed by atoms with E-state index < -0.39 is 0 Å². The Labute approximate surface area is 128 Å². The number of hydrogen-bond donors (Lipinski definition) is 2. The third-order valence-corrected chi connectivity index (χ3v) is 3.15. The normalized spacial score (nSPS) is 11.0. The largest absolute Gasteiger partial charge is 0.382 e. The molecule has 0 atom stereocenters. The molecule has 0 saturated heterocycles. The number of aromatic nitrogens is 2. The molecule has 21 heavy (non-hydrogen) atoms. The van der Waals surface area contributed by atoms with Crippen LogP contribution in [0, 0.1) is 5.92 Å². The predicted octanol–water partition coefficient (Wildman–Crippen LogP) is 3.20. The first-order chi connectivity index (χ1) is 9.95. The van der Waals surface area contributed by atoms with Gasteiger partial charge in [-0.15, -0.1) is 0 Å². The van der Waals surface area contributed by atoms with Crippen LogP contribution in [0.2, 0.25) is 0 Å². The maximum Gasteiger partial charge on any atom is 0.272 e. The number of hydrogen-bond acceptors (Lipinski definition) is 4. The van der Waals surface area contributed by atoms with E-state index >= 15 is 0 Å². The fourth-order valence-electron chi connectivity index (χ4n) is 1.96. The van der Waals surface area contributed by atoms with Gasteiger partial charge in [0.25, 0.3) is 5.91 Å². The minimum Gasteiger partial charge on any atom is -0.382 e. The molecule has 0 radical (unpaired) electrons. The second-order valence-corrected chi connectivity index (χ2v) is 5.97. The smallest absolute Gasteiger partial charge is 0.272 e. The van der Waals surface area contributed by atoms with Crippen molar-refractivity contribution in [1.29, 1.82) is 0 Å².